The van der Waals surface area contributed by atoms with Gasteiger partial charge < -0.3 is 28.6 Å². The van der Waals surface area contributed by atoms with Crippen molar-refractivity contribution in [3.05, 3.63) is 75.8 Å². The fraction of sp³-hybridized carbons (Fsp3) is 0.355. The highest BCUT2D eigenvalue weighted by molar-refractivity contribution is 7.91. The molecule has 0 amide bonds. The third-order valence-corrected chi connectivity index (χ3v) is 8.68. The highest BCUT2D eigenvalue weighted by atomic mass is 32.2. The first-order valence-electron chi connectivity index (χ1n) is 14.5. The van der Waals surface area contributed by atoms with Crippen molar-refractivity contribution in [1.29, 1.82) is 0 Å². The number of esters is 1. The van der Waals surface area contributed by atoms with Crippen LogP contribution < -0.4 is 20.0 Å². The molecule has 1 fully saturated rings. The summed E-state index contributed by atoms with van der Waals surface area (Å²) in [5.41, 5.74) is -0.916. The van der Waals surface area contributed by atoms with E-state index >= 15 is 0 Å². The standard InChI is InChI=1S/C31H31N3O11S/c35-30(43-18-8-7-17-42-28-29(34(37)45-32-28)46(38,39)25-9-3-1-4-10-25)26-21-23-11-12-24(22-27(23)44-31(26)36)41-16-6-2-5-13-33-14-19-40-20-15-33/h1,3-4,9-12,21-22H,2,5-6,13-20H2. The van der Waals surface area contributed by atoms with E-state index in [2.05, 4.69) is 26.5 Å². The minimum Gasteiger partial charge on any atom is -0.493 e. The Kier molecular flexibility index (Phi) is 10.9. The third-order valence-electron chi connectivity index (χ3n) is 6.95. The van der Waals surface area contributed by atoms with E-state index in [4.69, 9.17) is 23.4 Å². The Morgan fingerprint density at radius 3 is 2.59 bits per heavy atom. The summed E-state index contributed by atoms with van der Waals surface area (Å²) in [7, 11) is -4.28. The molecule has 0 spiro atoms. The van der Waals surface area contributed by atoms with Crippen molar-refractivity contribution in [2.45, 2.75) is 29.2 Å². The zero-order valence-electron chi connectivity index (χ0n) is 24.7. The van der Waals surface area contributed by atoms with Gasteiger partial charge >= 0.3 is 22.5 Å². The van der Waals surface area contributed by atoms with Gasteiger partial charge in [-0.2, -0.15) is 0 Å². The van der Waals surface area contributed by atoms with Crippen molar-refractivity contribution < 1.29 is 46.1 Å². The molecule has 1 saturated heterocycles. The van der Waals surface area contributed by atoms with Crippen LogP contribution >= 0.6 is 0 Å². The van der Waals surface area contributed by atoms with Crippen LogP contribution in [0.3, 0.4) is 0 Å². The molecule has 4 aromatic rings. The van der Waals surface area contributed by atoms with Gasteiger partial charge in [0.25, 0.3) is 9.84 Å². The van der Waals surface area contributed by atoms with Gasteiger partial charge in [-0.3, -0.25) is 9.53 Å². The van der Waals surface area contributed by atoms with Gasteiger partial charge in [0.05, 0.1) is 29.9 Å². The van der Waals surface area contributed by atoms with Gasteiger partial charge in [0.15, 0.2) is 13.2 Å². The lowest BCUT2D eigenvalue weighted by atomic mass is 10.2. The first-order valence-corrected chi connectivity index (χ1v) is 16.0. The second-order valence-electron chi connectivity index (χ2n) is 10.1. The van der Waals surface area contributed by atoms with Gasteiger partial charge in [-0.25, -0.2) is 18.0 Å². The lowest BCUT2D eigenvalue weighted by Crippen LogP contribution is -2.36. The molecule has 1 aliphatic rings. The van der Waals surface area contributed by atoms with E-state index in [1.54, 1.807) is 24.3 Å². The lowest BCUT2D eigenvalue weighted by molar-refractivity contribution is -0.832. The smallest absolute Gasteiger partial charge is 0.415 e. The molecule has 0 aliphatic carbocycles. The summed E-state index contributed by atoms with van der Waals surface area (Å²) in [6.45, 7) is 4.31. The number of sulfone groups is 1. The molecule has 3 heterocycles. The molecule has 242 valence electrons. The Morgan fingerprint density at radius 2 is 1.78 bits per heavy atom. The van der Waals surface area contributed by atoms with Crippen LogP contribution in [0.5, 0.6) is 11.6 Å². The number of aromatic nitrogens is 2. The van der Waals surface area contributed by atoms with E-state index in [9.17, 15) is 23.2 Å². The monoisotopic (exact) mass is 653 g/mol. The molecular formula is C31H31N3O11S. The molecule has 0 radical (unpaired) electrons. The molecule has 0 N–H and O–H groups in total. The van der Waals surface area contributed by atoms with E-state index in [0.29, 0.717) is 17.7 Å². The summed E-state index contributed by atoms with van der Waals surface area (Å²) in [5.74, 6) is 4.04. The third kappa shape index (κ3) is 8.21. The van der Waals surface area contributed by atoms with Gasteiger partial charge in [0.2, 0.25) is 0 Å². The average Bonchev–Trinajstić information content (AvgIpc) is 3.45. The maximum atomic E-state index is 12.8. The minimum atomic E-state index is -4.28. The summed E-state index contributed by atoms with van der Waals surface area (Å²) in [5, 5.41) is 15.0. The SMILES string of the molecule is O=C(OCC#CCOc1no[n+]([O-])c1S(=O)(=O)c1ccccc1)c1cc2ccc(OCCCCCN3CCOCC3)cc2oc1=O. The summed E-state index contributed by atoms with van der Waals surface area (Å²) < 4.78 is 56.7. The van der Waals surface area contributed by atoms with Gasteiger partial charge in [-0.15, -0.1) is 0 Å². The highest BCUT2D eigenvalue weighted by Gasteiger charge is 2.35. The number of ether oxygens (including phenoxy) is 4. The second kappa shape index (κ2) is 15.4. The number of morpholine rings is 1. The number of benzene rings is 2. The van der Waals surface area contributed by atoms with E-state index in [-0.39, 0.29) is 20.9 Å². The van der Waals surface area contributed by atoms with E-state index in [1.165, 1.54) is 30.3 Å². The van der Waals surface area contributed by atoms with Crippen LogP contribution in [-0.2, 0) is 19.3 Å². The first kappa shape index (κ1) is 32.5. The number of hydrogen-bond acceptors (Lipinski definition) is 13. The van der Waals surface area contributed by atoms with Crippen molar-refractivity contribution in [1.82, 2.24) is 10.1 Å². The largest absolute Gasteiger partial charge is 0.493 e. The molecule has 14 nitrogen and oxygen atoms in total. The molecule has 2 aromatic heterocycles. The van der Waals surface area contributed by atoms with Crippen LogP contribution in [0.2, 0.25) is 0 Å². The van der Waals surface area contributed by atoms with Crippen LogP contribution in [0.1, 0.15) is 29.6 Å². The van der Waals surface area contributed by atoms with Crippen molar-refractivity contribution in [2.75, 3.05) is 52.7 Å². The molecule has 0 unspecified atom stereocenters. The fourth-order valence-electron chi connectivity index (χ4n) is 4.58. The molecule has 0 bridgehead atoms. The van der Waals surface area contributed by atoms with Crippen molar-refractivity contribution in [3.8, 4) is 23.5 Å². The molecule has 5 rings (SSSR count). The Bertz CT molecular complexity index is 1870. The minimum absolute atomic E-state index is 0.154. The molecule has 0 atom stereocenters. The predicted octanol–water partition coefficient (Wildman–Crippen LogP) is 2.37. The van der Waals surface area contributed by atoms with Crippen molar-refractivity contribution >= 4 is 26.8 Å². The molecule has 0 saturated carbocycles. The molecule has 2 aromatic carbocycles. The predicted molar refractivity (Wildman–Crippen MR) is 160 cm³/mol. The Hall–Kier alpha value is -4.91. The topological polar surface area (TPSA) is 175 Å². The number of unbranched alkanes of at least 4 members (excludes halogenated alkanes) is 2. The molecule has 1 aliphatic heterocycles. The van der Waals surface area contributed by atoms with Crippen molar-refractivity contribution in [3.63, 3.8) is 0 Å². The number of carbonyl (C=O) groups is 1. The number of nitrogens with zero attached hydrogens (tertiary/aromatic N) is 3. The number of fused-ring (bicyclic) bond motifs is 1. The number of carbonyl (C=O) groups excluding carboxylic acids is 1. The summed E-state index contributed by atoms with van der Waals surface area (Å²) >= 11 is 0. The van der Waals surface area contributed by atoms with E-state index < -0.39 is 45.6 Å². The summed E-state index contributed by atoms with van der Waals surface area (Å²) in [4.78, 5) is 27.0. The van der Waals surface area contributed by atoms with Crippen LogP contribution in [0.15, 0.2) is 78.4 Å². The average molecular weight is 654 g/mol. The zero-order chi connectivity index (χ0) is 32.4. The zero-order valence-corrected chi connectivity index (χ0v) is 25.5. The molecule has 15 heteroatoms. The van der Waals surface area contributed by atoms with Gasteiger partial charge in [-0.1, -0.05) is 30.0 Å². The normalized spacial score (nSPS) is 13.6. The second-order valence-corrected chi connectivity index (χ2v) is 12.0. The van der Waals surface area contributed by atoms with Crippen LogP contribution in [0, 0.1) is 17.0 Å². The van der Waals surface area contributed by atoms with E-state index in [1.807, 2.05) is 0 Å². The Morgan fingerprint density at radius 1 is 1.00 bits per heavy atom. The van der Waals surface area contributed by atoms with Gasteiger partial charge in [-0.05, 0) is 61.0 Å². The Labute approximate surface area is 263 Å². The van der Waals surface area contributed by atoms with Crippen LogP contribution in [0.4, 0.5) is 0 Å². The molecular weight excluding hydrogens is 622 g/mol. The maximum absolute atomic E-state index is 12.8. The number of rotatable bonds is 13. The maximum Gasteiger partial charge on any atom is 0.415 e. The molecule has 46 heavy (non-hydrogen) atoms. The first-order chi connectivity index (χ1) is 22.3. The van der Waals surface area contributed by atoms with Gasteiger partial charge in [0, 0.05) is 24.5 Å². The quantitative estimate of drug-likeness (QED) is 0.0677. The van der Waals surface area contributed by atoms with E-state index in [0.717, 1.165) is 52.1 Å². The lowest BCUT2D eigenvalue weighted by Gasteiger charge is -2.26. The van der Waals surface area contributed by atoms with Crippen LogP contribution in [-0.4, -0.2) is 77.1 Å². The fourth-order valence-corrected chi connectivity index (χ4v) is 5.87. The highest BCUT2D eigenvalue weighted by Crippen LogP contribution is 2.25. The van der Waals surface area contributed by atoms with Crippen LogP contribution in [0.25, 0.3) is 11.0 Å². The number of hydrogen-bond donors (Lipinski definition) is 0. The van der Waals surface area contributed by atoms with Gasteiger partial charge in [0.1, 0.15) is 16.9 Å². The van der Waals surface area contributed by atoms with Crippen molar-refractivity contribution in [2.24, 2.45) is 0 Å². The summed E-state index contributed by atoms with van der Waals surface area (Å²) in [6.07, 6.45) is 3.01. The Balaban J connectivity index is 1.08. The summed E-state index contributed by atoms with van der Waals surface area (Å²) in [6, 6.07) is 13.6.